The number of esters is 1. The van der Waals surface area contributed by atoms with E-state index >= 15 is 0 Å². The highest BCUT2D eigenvalue weighted by atomic mass is 35.5. The molecule has 0 radical (unpaired) electrons. The quantitative estimate of drug-likeness (QED) is 0.499. The molecular weight excluding hydrogens is 334 g/mol. The Hall–Kier alpha value is -2.16. The van der Waals surface area contributed by atoms with Crippen LogP contribution in [0.25, 0.3) is 0 Å². The van der Waals surface area contributed by atoms with E-state index in [0.717, 1.165) is 5.56 Å². The second-order valence-electron chi connectivity index (χ2n) is 5.04. The lowest BCUT2D eigenvalue weighted by Gasteiger charge is -2.11. The van der Waals surface area contributed by atoms with Crippen LogP contribution in [0, 0.1) is 0 Å². The molecule has 1 aromatic carbocycles. The number of benzene rings is 1. The normalized spacial score (nSPS) is 16.0. The van der Waals surface area contributed by atoms with E-state index in [1.807, 2.05) is 0 Å². The average Bonchev–Trinajstić information content (AvgIpc) is 2.83. The van der Waals surface area contributed by atoms with Crippen LogP contribution in [0.3, 0.4) is 0 Å². The van der Waals surface area contributed by atoms with Gasteiger partial charge in [0.05, 0.1) is 19.1 Å². The summed E-state index contributed by atoms with van der Waals surface area (Å²) in [6, 6.07) is 6.65. The lowest BCUT2D eigenvalue weighted by molar-refractivity contribution is -0.145. The molecule has 1 aliphatic heterocycles. The minimum absolute atomic E-state index is 0.0413. The molecule has 9 heteroatoms. The van der Waals surface area contributed by atoms with Crippen LogP contribution >= 0.6 is 11.6 Å². The Labute approximate surface area is 143 Å². The van der Waals surface area contributed by atoms with Crippen molar-refractivity contribution in [1.29, 1.82) is 0 Å². The Morgan fingerprint density at radius 2 is 2.29 bits per heavy atom. The monoisotopic (exact) mass is 348 g/mol. The molecule has 0 bridgehead atoms. The van der Waals surface area contributed by atoms with Gasteiger partial charge in [-0.2, -0.15) is 4.98 Å². The van der Waals surface area contributed by atoms with Crippen LogP contribution in [0.2, 0.25) is 5.28 Å². The van der Waals surface area contributed by atoms with Crippen molar-refractivity contribution in [3.05, 3.63) is 41.3 Å². The van der Waals surface area contributed by atoms with Gasteiger partial charge in [0, 0.05) is 12.3 Å². The predicted molar refractivity (Wildman–Crippen MR) is 86.2 cm³/mol. The van der Waals surface area contributed by atoms with Crippen molar-refractivity contribution in [1.82, 2.24) is 9.97 Å². The van der Waals surface area contributed by atoms with Crippen molar-refractivity contribution < 1.29 is 23.9 Å². The topological polar surface area (TPSA) is 90.8 Å². The molecule has 2 heterocycles. The molecular formula is C15H14BClN2O5. The Balaban J connectivity index is 1.78. The van der Waals surface area contributed by atoms with Gasteiger partial charge in [0.25, 0.3) is 0 Å². The van der Waals surface area contributed by atoms with Gasteiger partial charge >= 0.3 is 13.1 Å². The first-order chi connectivity index (χ1) is 11.6. The number of rotatable bonds is 5. The predicted octanol–water partition coefficient (Wildman–Crippen LogP) is 1.63. The standard InChI is InChI=1S/C15H14BClN2O5/c1-2-22-14(20)8-12-10-4-3-9(7-11(10)16(21)24-12)23-13-5-6-18-15(17)19-13/h3-7,12,21H,2,8H2,1H3. The van der Waals surface area contributed by atoms with E-state index in [2.05, 4.69) is 9.97 Å². The zero-order valence-corrected chi connectivity index (χ0v) is 13.6. The fourth-order valence-electron chi connectivity index (χ4n) is 2.45. The number of halogens is 1. The Morgan fingerprint density at radius 1 is 1.46 bits per heavy atom. The van der Waals surface area contributed by atoms with Crippen molar-refractivity contribution in [2.24, 2.45) is 0 Å². The van der Waals surface area contributed by atoms with Gasteiger partial charge in [-0.3, -0.25) is 4.79 Å². The van der Waals surface area contributed by atoms with Gasteiger partial charge < -0.3 is 19.2 Å². The Morgan fingerprint density at radius 3 is 3.04 bits per heavy atom. The number of carbonyl (C=O) groups excluding carboxylic acids is 1. The number of ether oxygens (including phenoxy) is 2. The highest BCUT2D eigenvalue weighted by Crippen LogP contribution is 2.30. The third-order valence-corrected chi connectivity index (χ3v) is 3.63. The number of hydrogen-bond acceptors (Lipinski definition) is 7. The first-order valence-electron chi connectivity index (χ1n) is 7.36. The zero-order valence-electron chi connectivity index (χ0n) is 12.8. The number of hydrogen-bond donors (Lipinski definition) is 1. The fraction of sp³-hybridized carbons (Fsp3) is 0.267. The largest absolute Gasteiger partial charge is 0.492 e. The molecule has 0 spiro atoms. The van der Waals surface area contributed by atoms with Gasteiger partial charge in [-0.25, -0.2) is 4.98 Å². The summed E-state index contributed by atoms with van der Waals surface area (Å²) in [6.07, 6.45) is 0.974. The molecule has 0 saturated heterocycles. The van der Waals surface area contributed by atoms with E-state index in [0.29, 0.717) is 17.8 Å². The second kappa shape index (κ2) is 7.17. The molecule has 24 heavy (non-hydrogen) atoms. The minimum atomic E-state index is -1.13. The molecule has 1 unspecified atom stereocenters. The van der Waals surface area contributed by atoms with Crippen LogP contribution in [-0.2, 0) is 14.2 Å². The second-order valence-corrected chi connectivity index (χ2v) is 5.38. The van der Waals surface area contributed by atoms with Crippen molar-refractivity contribution in [2.75, 3.05) is 6.61 Å². The summed E-state index contributed by atoms with van der Waals surface area (Å²) in [5, 5.41) is 10.1. The van der Waals surface area contributed by atoms with Crippen LogP contribution in [-0.4, -0.2) is 34.7 Å². The van der Waals surface area contributed by atoms with Gasteiger partial charge in [-0.1, -0.05) is 6.07 Å². The summed E-state index contributed by atoms with van der Waals surface area (Å²) in [4.78, 5) is 19.3. The Bertz CT molecular complexity index is 760. The first-order valence-corrected chi connectivity index (χ1v) is 7.74. The molecule has 124 valence electrons. The van der Waals surface area contributed by atoms with E-state index in [9.17, 15) is 9.82 Å². The molecule has 3 rings (SSSR count). The SMILES string of the molecule is CCOC(=O)CC1OB(O)c2cc(Oc3ccnc(Cl)n3)ccc21. The average molecular weight is 349 g/mol. The van der Waals surface area contributed by atoms with Crippen LogP contribution in [0.4, 0.5) is 0 Å². The van der Waals surface area contributed by atoms with Gasteiger partial charge in [-0.15, -0.1) is 0 Å². The molecule has 1 aliphatic rings. The summed E-state index contributed by atoms with van der Waals surface area (Å²) < 4.78 is 15.9. The molecule has 0 fully saturated rings. The van der Waals surface area contributed by atoms with Crippen LogP contribution in [0.15, 0.2) is 30.5 Å². The minimum Gasteiger partial charge on any atom is -0.466 e. The third kappa shape index (κ3) is 3.67. The van der Waals surface area contributed by atoms with Crippen LogP contribution < -0.4 is 10.2 Å². The molecule has 0 amide bonds. The highest BCUT2D eigenvalue weighted by molar-refractivity contribution is 6.61. The van der Waals surface area contributed by atoms with Gasteiger partial charge in [0.15, 0.2) is 0 Å². The smallest absolute Gasteiger partial charge is 0.466 e. The van der Waals surface area contributed by atoms with Crippen LogP contribution in [0.5, 0.6) is 11.6 Å². The maximum atomic E-state index is 11.6. The highest BCUT2D eigenvalue weighted by Gasteiger charge is 2.36. The van der Waals surface area contributed by atoms with Crippen molar-refractivity contribution in [3.8, 4) is 11.6 Å². The van der Waals surface area contributed by atoms with E-state index < -0.39 is 13.2 Å². The van der Waals surface area contributed by atoms with E-state index in [1.165, 1.54) is 6.20 Å². The van der Waals surface area contributed by atoms with E-state index in [-0.39, 0.29) is 23.6 Å². The summed E-state index contributed by atoms with van der Waals surface area (Å²) in [6.45, 7) is 2.04. The van der Waals surface area contributed by atoms with Crippen molar-refractivity contribution in [3.63, 3.8) is 0 Å². The number of nitrogens with zero attached hydrogens (tertiary/aromatic N) is 2. The summed E-state index contributed by atoms with van der Waals surface area (Å²) in [7, 11) is -1.13. The maximum absolute atomic E-state index is 11.6. The summed E-state index contributed by atoms with van der Waals surface area (Å²) >= 11 is 5.72. The van der Waals surface area contributed by atoms with Gasteiger partial charge in [0.2, 0.25) is 11.2 Å². The summed E-state index contributed by atoms with van der Waals surface area (Å²) in [5.41, 5.74) is 1.27. The molecule has 1 atom stereocenters. The fourth-order valence-corrected chi connectivity index (χ4v) is 2.59. The third-order valence-electron chi connectivity index (χ3n) is 3.44. The number of aromatic nitrogens is 2. The number of carbonyl (C=O) groups is 1. The van der Waals surface area contributed by atoms with Gasteiger partial charge in [-0.05, 0) is 41.7 Å². The molecule has 0 aliphatic carbocycles. The lowest BCUT2D eigenvalue weighted by Crippen LogP contribution is -2.28. The maximum Gasteiger partial charge on any atom is 0.492 e. The van der Waals surface area contributed by atoms with E-state index in [4.69, 9.17) is 25.7 Å². The van der Waals surface area contributed by atoms with Gasteiger partial charge in [0.1, 0.15) is 5.75 Å². The lowest BCUT2D eigenvalue weighted by atomic mass is 9.79. The van der Waals surface area contributed by atoms with E-state index in [1.54, 1.807) is 31.2 Å². The molecule has 1 N–H and O–H groups in total. The molecule has 1 aromatic heterocycles. The van der Waals surface area contributed by atoms with Crippen molar-refractivity contribution >= 4 is 30.2 Å². The van der Waals surface area contributed by atoms with Crippen LogP contribution in [0.1, 0.15) is 25.0 Å². The first kappa shape index (κ1) is 16.7. The molecule has 0 saturated carbocycles. The zero-order chi connectivity index (χ0) is 17.1. The summed E-state index contributed by atoms with van der Waals surface area (Å²) in [5.74, 6) is 0.368. The molecule has 2 aromatic rings. The number of fused-ring (bicyclic) bond motifs is 1. The van der Waals surface area contributed by atoms with Crippen molar-refractivity contribution in [2.45, 2.75) is 19.4 Å². The molecule has 7 nitrogen and oxygen atoms in total. The Kier molecular flexibility index (Phi) is 4.98.